The molecule has 0 aliphatic heterocycles. The van der Waals surface area contributed by atoms with Gasteiger partial charge in [-0.15, -0.1) is 0 Å². The van der Waals surface area contributed by atoms with Crippen LogP contribution in [0.15, 0.2) is 48.5 Å². The van der Waals surface area contributed by atoms with E-state index in [1.807, 2.05) is 0 Å². The van der Waals surface area contributed by atoms with Crippen molar-refractivity contribution >= 4 is 23.3 Å². The monoisotopic (exact) mass is 313 g/mol. The van der Waals surface area contributed by atoms with Gasteiger partial charge < -0.3 is 16.0 Å². The molecule has 2 aromatic carbocycles. The second-order valence-electron chi connectivity index (χ2n) is 5.38. The number of para-hydroxylation sites is 1. The standard InChI is InChI=1S/C17H16FN3O2/c18-14-3-1-2-4-15(14)21-16(22)11-5-7-12(8-6-11)19-17(23)20-13-9-10-13/h1-8,13H,9-10H2,(H,21,22)(H2,19,20,23). The number of amides is 3. The van der Waals surface area contributed by atoms with Crippen molar-refractivity contribution in [2.24, 2.45) is 0 Å². The van der Waals surface area contributed by atoms with Crippen LogP contribution in [0.4, 0.5) is 20.6 Å². The number of carbonyl (C=O) groups excluding carboxylic acids is 2. The van der Waals surface area contributed by atoms with Crippen LogP contribution < -0.4 is 16.0 Å². The molecule has 1 aliphatic carbocycles. The molecule has 0 aromatic heterocycles. The maximum atomic E-state index is 13.5. The van der Waals surface area contributed by atoms with E-state index in [4.69, 9.17) is 0 Å². The maximum Gasteiger partial charge on any atom is 0.319 e. The minimum absolute atomic E-state index is 0.128. The molecule has 0 saturated heterocycles. The number of carbonyl (C=O) groups is 2. The lowest BCUT2D eigenvalue weighted by Crippen LogP contribution is -2.30. The van der Waals surface area contributed by atoms with Gasteiger partial charge in [-0.25, -0.2) is 9.18 Å². The van der Waals surface area contributed by atoms with E-state index in [1.165, 1.54) is 12.1 Å². The molecular weight excluding hydrogens is 297 g/mol. The molecule has 0 heterocycles. The minimum Gasteiger partial charge on any atom is -0.335 e. The molecule has 1 aliphatic rings. The summed E-state index contributed by atoms with van der Waals surface area (Å²) in [5.41, 5.74) is 1.09. The lowest BCUT2D eigenvalue weighted by atomic mass is 10.2. The van der Waals surface area contributed by atoms with Gasteiger partial charge in [-0.1, -0.05) is 12.1 Å². The van der Waals surface area contributed by atoms with Gasteiger partial charge in [0.05, 0.1) is 5.69 Å². The van der Waals surface area contributed by atoms with Crippen LogP contribution in [0.2, 0.25) is 0 Å². The molecule has 2 aromatic rings. The quantitative estimate of drug-likeness (QED) is 0.810. The van der Waals surface area contributed by atoms with Gasteiger partial charge in [-0.3, -0.25) is 4.79 Å². The fraction of sp³-hybridized carbons (Fsp3) is 0.176. The summed E-state index contributed by atoms with van der Waals surface area (Å²) in [7, 11) is 0. The number of halogens is 1. The number of urea groups is 1. The van der Waals surface area contributed by atoms with Crippen molar-refractivity contribution in [3.8, 4) is 0 Å². The Bertz CT molecular complexity index is 727. The summed E-state index contributed by atoms with van der Waals surface area (Å²) in [5, 5.41) is 8.01. The third kappa shape index (κ3) is 4.06. The molecule has 6 heteroatoms. The third-order valence-corrected chi connectivity index (χ3v) is 3.44. The molecule has 3 rings (SSSR count). The second kappa shape index (κ2) is 6.48. The van der Waals surface area contributed by atoms with Crippen LogP contribution in [-0.4, -0.2) is 18.0 Å². The predicted octanol–water partition coefficient (Wildman–Crippen LogP) is 3.36. The summed E-state index contributed by atoms with van der Waals surface area (Å²) in [6, 6.07) is 12.4. The fourth-order valence-electron chi connectivity index (χ4n) is 2.04. The summed E-state index contributed by atoms with van der Waals surface area (Å²) < 4.78 is 13.5. The molecule has 3 amide bonds. The first-order valence-corrected chi connectivity index (χ1v) is 7.35. The topological polar surface area (TPSA) is 70.2 Å². The molecular formula is C17H16FN3O2. The van der Waals surface area contributed by atoms with Gasteiger partial charge in [-0.05, 0) is 49.2 Å². The van der Waals surface area contributed by atoms with Crippen LogP contribution in [0.5, 0.6) is 0 Å². The zero-order chi connectivity index (χ0) is 16.2. The molecule has 0 atom stereocenters. The van der Waals surface area contributed by atoms with E-state index < -0.39 is 11.7 Å². The van der Waals surface area contributed by atoms with Gasteiger partial charge in [0.2, 0.25) is 0 Å². The molecule has 23 heavy (non-hydrogen) atoms. The first-order chi connectivity index (χ1) is 11.1. The highest BCUT2D eigenvalue weighted by molar-refractivity contribution is 6.04. The average Bonchev–Trinajstić information content (AvgIpc) is 3.34. The minimum atomic E-state index is -0.490. The van der Waals surface area contributed by atoms with Crippen molar-refractivity contribution < 1.29 is 14.0 Å². The Morgan fingerprint density at radius 2 is 1.65 bits per heavy atom. The average molecular weight is 313 g/mol. The Morgan fingerprint density at radius 3 is 2.30 bits per heavy atom. The Hall–Kier alpha value is -2.89. The molecule has 0 spiro atoms. The first kappa shape index (κ1) is 15.0. The van der Waals surface area contributed by atoms with Crippen molar-refractivity contribution in [3.63, 3.8) is 0 Å². The van der Waals surface area contributed by atoms with Crippen molar-refractivity contribution in [2.75, 3.05) is 10.6 Å². The maximum absolute atomic E-state index is 13.5. The molecule has 0 radical (unpaired) electrons. The van der Waals surface area contributed by atoms with E-state index in [-0.39, 0.29) is 17.8 Å². The highest BCUT2D eigenvalue weighted by atomic mass is 19.1. The van der Waals surface area contributed by atoms with Crippen LogP contribution >= 0.6 is 0 Å². The summed E-state index contributed by atoms with van der Waals surface area (Å²) in [5.74, 6) is -0.903. The Balaban J connectivity index is 1.60. The number of rotatable bonds is 4. The van der Waals surface area contributed by atoms with E-state index >= 15 is 0 Å². The SMILES string of the molecule is O=C(Nc1ccc(C(=O)Nc2ccccc2F)cc1)NC1CC1. The summed E-state index contributed by atoms with van der Waals surface area (Å²) in [6.45, 7) is 0. The van der Waals surface area contributed by atoms with Crippen molar-refractivity contribution in [1.29, 1.82) is 0 Å². The molecule has 1 fully saturated rings. The summed E-state index contributed by atoms with van der Waals surface area (Å²) >= 11 is 0. The molecule has 0 unspecified atom stereocenters. The number of hydrogen-bond acceptors (Lipinski definition) is 2. The van der Waals surface area contributed by atoms with Crippen molar-refractivity contribution in [3.05, 3.63) is 59.9 Å². The zero-order valence-electron chi connectivity index (χ0n) is 12.3. The number of benzene rings is 2. The smallest absolute Gasteiger partial charge is 0.319 e. The Morgan fingerprint density at radius 1 is 0.957 bits per heavy atom. The summed E-state index contributed by atoms with van der Waals surface area (Å²) in [4.78, 5) is 23.7. The van der Waals surface area contributed by atoms with Gasteiger partial charge >= 0.3 is 6.03 Å². The Labute approximate surface area is 132 Å². The van der Waals surface area contributed by atoms with Gasteiger partial charge in [0.25, 0.3) is 5.91 Å². The second-order valence-corrected chi connectivity index (χ2v) is 5.38. The van der Waals surface area contributed by atoms with Gasteiger partial charge in [0.1, 0.15) is 5.82 Å². The van der Waals surface area contributed by atoms with Crippen LogP contribution in [0, 0.1) is 5.82 Å². The Kier molecular flexibility index (Phi) is 4.23. The molecule has 5 nitrogen and oxygen atoms in total. The number of anilines is 2. The normalized spacial score (nSPS) is 13.3. The van der Waals surface area contributed by atoms with Crippen LogP contribution in [0.25, 0.3) is 0 Å². The fourth-order valence-corrected chi connectivity index (χ4v) is 2.04. The molecule has 118 valence electrons. The van der Waals surface area contributed by atoms with Gasteiger partial charge in [0.15, 0.2) is 0 Å². The largest absolute Gasteiger partial charge is 0.335 e. The third-order valence-electron chi connectivity index (χ3n) is 3.44. The zero-order valence-corrected chi connectivity index (χ0v) is 12.3. The van der Waals surface area contributed by atoms with E-state index in [0.29, 0.717) is 11.3 Å². The van der Waals surface area contributed by atoms with Gasteiger partial charge in [-0.2, -0.15) is 0 Å². The highest BCUT2D eigenvalue weighted by Crippen LogP contribution is 2.19. The van der Waals surface area contributed by atoms with Gasteiger partial charge in [0, 0.05) is 17.3 Å². The molecule has 0 bridgehead atoms. The highest BCUT2D eigenvalue weighted by Gasteiger charge is 2.23. The van der Waals surface area contributed by atoms with Crippen LogP contribution in [0.1, 0.15) is 23.2 Å². The lowest BCUT2D eigenvalue weighted by molar-refractivity contribution is 0.102. The molecule has 1 saturated carbocycles. The number of hydrogen-bond donors (Lipinski definition) is 3. The number of nitrogens with one attached hydrogen (secondary N) is 3. The molecule has 3 N–H and O–H groups in total. The van der Waals surface area contributed by atoms with E-state index in [9.17, 15) is 14.0 Å². The summed E-state index contributed by atoms with van der Waals surface area (Å²) in [6.07, 6.45) is 2.03. The van der Waals surface area contributed by atoms with E-state index in [2.05, 4.69) is 16.0 Å². The van der Waals surface area contributed by atoms with Crippen LogP contribution in [0.3, 0.4) is 0 Å². The first-order valence-electron chi connectivity index (χ1n) is 7.35. The predicted molar refractivity (Wildman–Crippen MR) is 86.0 cm³/mol. The van der Waals surface area contributed by atoms with Crippen molar-refractivity contribution in [2.45, 2.75) is 18.9 Å². The lowest BCUT2D eigenvalue weighted by Gasteiger charge is -2.08. The van der Waals surface area contributed by atoms with E-state index in [0.717, 1.165) is 12.8 Å². The van der Waals surface area contributed by atoms with Crippen molar-refractivity contribution in [1.82, 2.24) is 5.32 Å². The van der Waals surface area contributed by atoms with E-state index in [1.54, 1.807) is 36.4 Å². The van der Waals surface area contributed by atoms with Crippen LogP contribution in [-0.2, 0) is 0 Å².